The SMILES string of the molecule is CN(C)C(=O)c1ccc(CNC(=O)c2cc(-c3ccc(Cl)cc3)n[nH]2)cc1. The van der Waals surface area contributed by atoms with E-state index in [1.54, 1.807) is 44.4 Å². The van der Waals surface area contributed by atoms with Crippen LogP contribution < -0.4 is 5.32 Å². The highest BCUT2D eigenvalue weighted by Crippen LogP contribution is 2.20. The van der Waals surface area contributed by atoms with Crippen molar-refractivity contribution >= 4 is 23.4 Å². The summed E-state index contributed by atoms with van der Waals surface area (Å²) in [5.41, 5.74) is 3.42. The standard InChI is InChI=1S/C20H19ClN4O2/c1-25(2)20(27)15-5-3-13(4-6-15)12-22-19(26)18-11-17(23-24-18)14-7-9-16(21)10-8-14/h3-11H,12H2,1-2H3,(H,22,26)(H,23,24). The Morgan fingerprint density at radius 3 is 2.37 bits per heavy atom. The van der Waals surface area contributed by atoms with E-state index in [1.807, 2.05) is 24.3 Å². The van der Waals surface area contributed by atoms with Crippen LogP contribution in [-0.4, -0.2) is 41.0 Å². The number of aromatic amines is 1. The third-order valence-corrected chi connectivity index (χ3v) is 4.27. The Morgan fingerprint density at radius 1 is 1.07 bits per heavy atom. The predicted octanol–water partition coefficient (Wildman–Crippen LogP) is 3.36. The number of benzene rings is 2. The van der Waals surface area contributed by atoms with Crippen molar-refractivity contribution in [1.29, 1.82) is 0 Å². The average Bonchev–Trinajstić information content (AvgIpc) is 3.16. The highest BCUT2D eigenvalue weighted by Gasteiger charge is 2.11. The highest BCUT2D eigenvalue weighted by atomic mass is 35.5. The number of hydrogen-bond donors (Lipinski definition) is 2. The first-order valence-electron chi connectivity index (χ1n) is 8.34. The second-order valence-electron chi connectivity index (χ2n) is 6.25. The summed E-state index contributed by atoms with van der Waals surface area (Å²) in [7, 11) is 3.41. The zero-order valence-corrected chi connectivity index (χ0v) is 15.7. The highest BCUT2D eigenvalue weighted by molar-refractivity contribution is 6.30. The van der Waals surface area contributed by atoms with Gasteiger partial charge in [-0.15, -0.1) is 0 Å². The van der Waals surface area contributed by atoms with E-state index in [2.05, 4.69) is 15.5 Å². The molecule has 0 aliphatic rings. The Labute approximate surface area is 162 Å². The molecule has 0 saturated heterocycles. The number of aromatic nitrogens is 2. The molecule has 0 atom stereocenters. The molecule has 2 aromatic carbocycles. The van der Waals surface area contributed by atoms with Crippen LogP contribution in [0.3, 0.4) is 0 Å². The molecule has 6 nitrogen and oxygen atoms in total. The molecule has 0 saturated carbocycles. The van der Waals surface area contributed by atoms with E-state index >= 15 is 0 Å². The molecule has 0 bridgehead atoms. The summed E-state index contributed by atoms with van der Waals surface area (Å²) in [5.74, 6) is -0.311. The van der Waals surface area contributed by atoms with Crippen molar-refractivity contribution in [3.63, 3.8) is 0 Å². The lowest BCUT2D eigenvalue weighted by molar-refractivity contribution is 0.0827. The number of nitrogens with zero attached hydrogens (tertiary/aromatic N) is 2. The minimum Gasteiger partial charge on any atom is -0.347 e. The normalized spacial score (nSPS) is 10.5. The number of H-pyrrole nitrogens is 1. The lowest BCUT2D eigenvalue weighted by Crippen LogP contribution is -2.23. The zero-order valence-electron chi connectivity index (χ0n) is 15.0. The van der Waals surface area contributed by atoms with Crippen LogP contribution in [-0.2, 0) is 6.54 Å². The minimum atomic E-state index is -0.254. The second-order valence-corrected chi connectivity index (χ2v) is 6.69. The summed E-state index contributed by atoms with van der Waals surface area (Å²) in [5, 5.41) is 10.4. The molecular formula is C20H19ClN4O2. The van der Waals surface area contributed by atoms with Crippen LogP contribution >= 0.6 is 11.6 Å². The molecular weight excluding hydrogens is 364 g/mol. The zero-order chi connectivity index (χ0) is 19.4. The third kappa shape index (κ3) is 4.54. The lowest BCUT2D eigenvalue weighted by atomic mass is 10.1. The van der Waals surface area contributed by atoms with Gasteiger partial charge in [0.1, 0.15) is 5.69 Å². The Bertz CT molecular complexity index is 947. The van der Waals surface area contributed by atoms with Crippen molar-refractivity contribution in [2.24, 2.45) is 0 Å². The molecule has 0 spiro atoms. The molecule has 0 fully saturated rings. The van der Waals surface area contributed by atoms with Gasteiger partial charge in [-0.2, -0.15) is 5.10 Å². The molecule has 3 rings (SSSR count). The molecule has 27 heavy (non-hydrogen) atoms. The first-order valence-corrected chi connectivity index (χ1v) is 8.72. The summed E-state index contributed by atoms with van der Waals surface area (Å²) in [6.45, 7) is 0.352. The number of amides is 2. The number of carbonyl (C=O) groups excluding carboxylic acids is 2. The van der Waals surface area contributed by atoms with E-state index in [1.165, 1.54) is 4.90 Å². The van der Waals surface area contributed by atoms with Crippen LogP contribution in [0, 0.1) is 0 Å². The van der Waals surface area contributed by atoms with E-state index in [9.17, 15) is 9.59 Å². The first kappa shape index (κ1) is 18.7. The maximum atomic E-state index is 12.3. The van der Waals surface area contributed by atoms with Crippen LogP contribution in [0.15, 0.2) is 54.6 Å². The number of halogens is 1. The smallest absolute Gasteiger partial charge is 0.269 e. The van der Waals surface area contributed by atoms with Crippen molar-refractivity contribution in [2.75, 3.05) is 14.1 Å². The number of carbonyl (C=O) groups is 2. The van der Waals surface area contributed by atoms with Gasteiger partial charge in [-0.05, 0) is 35.9 Å². The fourth-order valence-corrected chi connectivity index (χ4v) is 2.63. The monoisotopic (exact) mass is 382 g/mol. The number of rotatable bonds is 5. The van der Waals surface area contributed by atoms with Gasteiger partial charge < -0.3 is 10.2 Å². The van der Waals surface area contributed by atoms with Gasteiger partial charge in [-0.1, -0.05) is 35.9 Å². The Morgan fingerprint density at radius 2 is 1.74 bits per heavy atom. The van der Waals surface area contributed by atoms with Gasteiger partial charge in [0.15, 0.2) is 0 Å². The van der Waals surface area contributed by atoms with E-state index in [-0.39, 0.29) is 11.8 Å². The Balaban J connectivity index is 1.61. The molecule has 1 heterocycles. The maximum Gasteiger partial charge on any atom is 0.269 e. The number of hydrogen-bond acceptors (Lipinski definition) is 3. The van der Waals surface area contributed by atoms with Gasteiger partial charge in [0, 0.05) is 36.8 Å². The van der Waals surface area contributed by atoms with Crippen LogP contribution in [0.2, 0.25) is 5.02 Å². The predicted molar refractivity (Wildman–Crippen MR) is 105 cm³/mol. The average molecular weight is 383 g/mol. The van der Waals surface area contributed by atoms with Crippen molar-refractivity contribution in [3.8, 4) is 11.3 Å². The van der Waals surface area contributed by atoms with E-state index in [0.29, 0.717) is 28.5 Å². The summed E-state index contributed by atoms with van der Waals surface area (Å²) >= 11 is 5.88. The molecule has 0 radical (unpaired) electrons. The first-order chi connectivity index (χ1) is 12.9. The van der Waals surface area contributed by atoms with E-state index < -0.39 is 0 Å². The van der Waals surface area contributed by atoms with E-state index in [4.69, 9.17) is 11.6 Å². The van der Waals surface area contributed by atoms with Gasteiger partial charge in [0.05, 0.1) is 5.69 Å². The number of nitrogens with one attached hydrogen (secondary N) is 2. The molecule has 0 aliphatic carbocycles. The van der Waals surface area contributed by atoms with Crippen LogP contribution in [0.4, 0.5) is 0 Å². The van der Waals surface area contributed by atoms with Gasteiger partial charge in [-0.25, -0.2) is 0 Å². The van der Waals surface area contributed by atoms with Crippen molar-refractivity contribution in [2.45, 2.75) is 6.54 Å². The van der Waals surface area contributed by atoms with Gasteiger partial charge >= 0.3 is 0 Å². The summed E-state index contributed by atoms with van der Waals surface area (Å²) in [4.78, 5) is 25.7. The minimum absolute atomic E-state index is 0.0576. The fraction of sp³-hybridized carbons (Fsp3) is 0.150. The Kier molecular flexibility index (Phi) is 5.57. The molecule has 2 amide bonds. The third-order valence-electron chi connectivity index (χ3n) is 4.02. The van der Waals surface area contributed by atoms with Crippen LogP contribution in [0.25, 0.3) is 11.3 Å². The summed E-state index contributed by atoms with van der Waals surface area (Å²) in [6.07, 6.45) is 0. The van der Waals surface area contributed by atoms with Gasteiger partial charge in [0.2, 0.25) is 0 Å². The molecule has 7 heteroatoms. The topological polar surface area (TPSA) is 78.1 Å². The second kappa shape index (κ2) is 8.05. The maximum absolute atomic E-state index is 12.3. The Hall–Kier alpha value is -3.12. The lowest BCUT2D eigenvalue weighted by Gasteiger charge is -2.10. The van der Waals surface area contributed by atoms with Crippen LogP contribution in [0.5, 0.6) is 0 Å². The molecule has 0 unspecified atom stereocenters. The van der Waals surface area contributed by atoms with Crippen molar-refractivity contribution in [1.82, 2.24) is 20.4 Å². The fourth-order valence-electron chi connectivity index (χ4n) is 2.51. The summed E-state index contributed by atoms with van der Waals surface area (Å²) < 4.78 is 0. The van der Waals surface area contributed by atoms with Crippen molar-refractivity contribution in [3.05, 3.63) is 76.4 Å². The van der Waals surface area contributed by atoms with Gasteiger partial charge in [-0.3, -0.25) is 14.7 Å². The quantitative estimate of drug-likeness (QED) is 0.710. The molecule has 0 aliphatic heterocycles. The molecule has 2 N–H and O–H groups in total. The van der Waals surface area contributed by atoms with Gasteiger partial charge in [0.25, 0.3) is 11.8 Å². The van der Waals surface area contributed by atoms with Crippen molar-refractivity contribution < 1.29 is 9.59 Å². The van der Waals surface area contributed by atoms with Crippen LogP contribution in [0.1, 0.15) is 26.4 Å². The molecule has 3 aromatic rings. The summed E-state index contributed by atoms with van der Waals surface area (Å²) in [6, 6.07) is 16.1. The van der Waals surface area contributed by atoms with E-state index in [0.717, 1.165) is 11.1 Å². The molecule has 138 valence electrons. The largest absolute Gasteiger partial charge is 0.347 e. The molecule has 1 aromatic heterocycles.